The van der Waals surface area contributed by atoms with Crippen LogP contribution in [0.15, 0.2) is 23.1 Å². The molecule has 1 aromatic rings. The van der Waals surface area contributed by atoms with Gasteiger partial charge in [-0.3, -0.25) is 0 Å². The van der Waals surface area contributed by atoms with E-state index in [4.69, 9.17) is 10.5 Å². The average Bonchev–Trinajstić information content (AvgIpc) is 2.45. The molecule has 0 aliphatic rings. The summed E-state index contributed by atoms with van der Waals surface area (Å²) in [6, 6.07) is 4.74. The Balaban J connectivity index is 2.66. The van der Waals surface area contributed by atoms with Crippen molar-refractivity contribution in [1.82, 2.24) is 4.72 Å². The summed E-state index contributed by atoms with van der Waals surface area (Å²) in [6.45, 7) is 5.02. The lowest BCUT2D eigenvalue weighted by Gasteiger charge is -2.11. The van der Waals surface area contributed by atoms with Gasteiger partial charge in [-0.1, -0.05) is 26.7 Å². The third-order valence-electron chi connectivity index (χ3n) is 3.28. The molecule has 0 aliphatic carbocycles. The van der Waals surface area contributed by atoms with Crippen LogP contribution in [0.5, 0.6) is 5.75 Å². The highest BCUT2D eigenvalue weighted by molar-refractivity contribution is 7.89. The number of methoxy groups -OCH3 is 1. The Labute approximate surface area is 127 Å². The van der Waals surface area contributed by atoms with E-state index in [2.05, 4.69) is 18.6 Å². The molecule has 0 amide bonds. The van der Waals surface area contributed by atoms with Crippen molar-refractivity contribution in [2.75, 3.05) is 13.7 Å². The van der Waals surface area contributed by atoms with E-state index in [0.717, 1.165) is 19.3 Å². The Bertz CT molecular complexity index is 542. The predicted molar refractivity (Wildman–Crippen MR) is 84.8 cm³/mol. The molecule has 0 aromatic heterocycles. The number of nitrogens with one attached hydrogen (secondary N) is 1. The van der Waals surface area contributed by atoms with Crippen LogP contribution in [-0.4, -0.2) is 22.1 Å². The largest absolute Gasteiger partial charge is 0.496 e. The van der Waals surface area contributed by atoms with E-state index in [1.54, 1.807) is 12.1 Å². The van der Waals surface area contributed by atoms with E-state index in [9.17, 15) is 8.42 Å². The van der Waals surface area contributed by atoms with Crippen LogP contribution in [0, 0.1) is 5.92 Å². The molecule has 0 spiro atoms. The standard InChI is InChI=1S/C15H26N2O3S/c1-12(2)6-4-5-9-17-21(18,19)14-7-8-15(20-3)13(10-14)11-16/h7-8,10,12,17H,4-6,9,11,16H2,1-3H3. The molecule has 0 heterocycles. The molecule has 21 heavy (non-hydrogen) atoms. The van der Waals surface area contributed by atoms with Gasteiger partial charge in [-0.25, -0.2) is 13.1 Å². The molecule has 0 bridgehead atoms. The van der Waals surface area contributed by atoms with Crippen LogP contribution < -0.4 is 15.2 Å². The number of sulfonamides is 1. The molecule has 0 fully saturated rings. The maximum Gasteiger partial charge on any atom is 0.240 e. The van der Waals surface area contributed by atoms with Gasteiger partial charge in [-0.15, -0.1) is 0 Å². The molecular formula is C15H26N2O3S. The van der Waals surface area contributed by atoms with Crippen LogP contribution in [0.3, 0.4) is 0 Å². The van der Waals surface area contributed by atoms with Crippen molar-refractivity contribution in [1.29, 1.82) is 0 Å². The number of rotatable bonds is 9. The maximum atomic E-state index is 12.2. The first-order valence-corrected chi connectivity index (χ1v) is 8.75. The smallest absolute Gasteiger partial charge is 0.240 e. The molecule has 3 N–H and O–H groups in total. The van der Waals surface area contributed by atoms with Crippen molar-refractivity contribution in [3.05, 3.63) is 23.8 Å². The fourth-order valence-corrected chi connectivity index (χ4v) is 3.17. The lowest BCUT2D eigenvalue weighted by Crippen LogP contribution is -2.25. The quantitative estimate of drug-likeness (QED) is 0.685. The number of benzene rings is 1. The summed E-state index contributed by atoms with van der Waals surface area (Å²) in [7, 11) is -1.94. The first-order chi connectivity index (χ1) is 9.90. The second kappa shape index (κ2) is 8.36. The zero-order chi connectivity index (χ0) is 15.9. The van der Waals surface area contributed by atoms with E-state index in [1.165, 1.54) is 13.2 Å². The molecule has 120 valence electrons. The Morgan fingerprint density at radius 1 is 1.29 bits per heavy atom. The Hall–Kier alpha value is -1.11. The lowest BCUT2D eigenvalue weighted by molar-refractivity contribution is 0.409. The van der Waals surface area contributed by atoms with E-state index in [0.29, 0.717) is 23.8 Å². The van der Waals surface area contributed by atoms with Gasteiger partial charge in [0, 0.05) is 18.7 Å². The predicted octanol–water partition coefficient (Wildman–Crippen LogP) is 2.26. The van der Waals surface area contributed by atoms with Crippen molar-refractivity contribution in [3.63, 3.8) is 0 Å². The SMILES string of the molecule is COc1ccc(S(=O)(=O)NCCCCC(C)C)cc1CN. The van der Waals surface area contributed by atoms with Gasteiger partial charge in [0.15, 0.2) is 0 Å². The van der Waals surface area contributed by atoms with Gasteiger partial charge in [0.25, 0.3) is 0 Å². The number of ether oxygens (including phenoxy) is 1. The number of unbranched alkanes of at least 4 members (excludes halogenated alkanes) is 1. The highest BCUT2D eigenvalue weighted by Gasteiger charge is 2.15. The van der Waals surface area contributed by atoms with Gasteiger partial charge in [-0.2, -0.15) is 0 Å². The second-order valence-electron chi connectivity index (χ2n) is 5.47. The number of hydrogen-bond donors (Lipinski definition) is 2. The molecule has 1 aromatic carbocycles. The third kappa shape index (κ3) is 5.65. The fourth-order valence-electron chi connectivity index (χ4n) is 2.05. The summed E-state index contributed by atoms with van der Waals surface area (Å²) in [6.07, 6.45) is 2.98. The highest BCUT2D eigenvalue weighted by Crippen LogP contribution is 2.21. The summed E-state index contributed by atoms with van der Waals surface area (Å²) in [5.41, 5.74) is 6.29. The van der Waals surface area contributed by atoms with Crippen molar-refractivity contribution in [2.24, 2.45) is 11.7 Å². The summed E-state index contributed by atoms with van der Waals surface area (Å²) in [4.78, 5) is 0.229. The first kappa shape index (κ1) is 17.9. The zero-order valence-electron chi connectivity index (χ0n) is 13.1. The van der Waals surface area contributed by atoms with E-state index in [-0.39, 0.29) is 11.4 Å². The van der Waals surface area contributed by atoms with E-state index in [1.807, 2.05) is 0 Å². The van der Waals surface area contributed by atoms with Gasteiger partial charge >= 0.3 is 0 Å². The zero-order valence-corrected chi connectivity index (χ0v) is 13.9. The topological polar surface area (TPSA) is 81.4 Å². The van der Waals surface area contributed by atoms with Crippen LogP contribution in [0.2, 0.25) is 0 Å². The average molecular weight is 314 g/mol. The molecule has 5 nitrogen and oxygen atoms in total. The van der Waals surface area contributed by atoms with Crippen LogP contribution in [0.4, 0.5) is 0 Å². The molecule has 0 saturated carbocycles. The summed E-state index contributed by atoms with van der Waals surface area (Å²) in [5.74, 6) is 1.25. The summed E-state index contributed by atoms with van der Waals surface area (Å²) < 4.78 is 32.2. The minimum absolute atomic E-state index is 0.229. The molecule has 6 heteroatoms. The van der Waals surface area contributed by atoms with E-state index < -0.39 is 10.0 Å². The first-order valence-electron chi connectivity index (χ1n) is 7.27. The van der Waals surface area contributed by atoms with Gasteiger partial charge in [0.2, 0.25) is 10.0 Å². The van der Waals surface area contributed by atoms with Crippen LogP contribution in [0.25, 0.3) is 0 Å². The molecular weight excluding hydrogens is 288 g/mol. The highest BCUT2D eigenvalue weighted by atomic mass is 32.2. The Morgan fingerprint density at radius 3 is 2.57 bits per heavy atom. The normalized spacial score (nSPS) is 11.9. The second-order valence-corrected chi connectivity index (χ2v) is 7.23. The van der Waals surface area contributed by atoms with Crippen LogP contribution >= 0.6 is 0 Å². The van der Waals surface area contributed by atoms with Gasteiger partial charge in [-0.05, 0) is 30.5 Å². The van der Waals surface area contributed by atoms with Crippen molar-refractivity contribution >= 4 is 10.0 Å². The van der Waals surface area contributed by atoms with Gasteiger partial charge < -0.3 is 10.5 Å². The van der Waals surface area contributed by atoms with E-state index >= 15 is 0 Å². The van der Waals surface area contributed by atoms with Crippen LogP contribution in [0.1, 0.15) is 38.7 Å². The molecule has 1 rings (SSSR count). The third-order valence-corrected chi connectivity index (χ3v) is 4.74. The minimum atomic E-state index is -3.48. The Kier molecular flexibility index (Phi) is 7.14. The van der Waals surface area contributed by atoms with Gasteiger partial charge in [0.1, 0.15) is 5.75 Å². The summed E-state index contributed by atoms with van der Waals surface area (Å²) >= 11 is 0. The van der Waals surface area contributed by atoms with Crippen LogP contribution in [-0.2, 0) is 16.6 Å². The summed E-state index contributed by atoms with van der Waals surface area (Å²) in [5, 5.41) is 0. The molecule has 0 unspecified atom stereocenters. The molecule has 0 saturated heterocycles. The fraction of sp³-hybridized carbons (Fsp3) is 0.600. The molecule has 0 aliphatic heterocycles. The van der Waals surface area contributed by atoms with Gasteiger partial charge in [0.05, 0.1) is 12.0 Å². The molecule has 0 atom stereocenters. The molecule has 0 radical (unpaired) electrons. The number of hydrogen-bond acceptors (Lipinski definition) is 4. The Morgan fingerprint density at radius 2 is 2.00 bits per heavy atom. The van der Waals surface area contributed by atoms with Crippen molar-refractivity contribution in [3.8, 4) is 5.75 Å². The number of nitrogens with two attached hydrogens (primary N) is 1. The minimum Gasteiger partial charge on any atom is -0.496 e. The van der Waals surface area contributed by atoms with Crippen molar-refractivity contribution < 1.29 is 13.2 Å². The van der Waals surface area contributed by atoms with Crippen molar-refractivity contribution in [2.45, 2.75) is 44.6 Å². The monoisotopic (exact) mass is 314 g/mol. The maximum absolute atomic E-state index is 12.2. The lowest BCUT2D eigenvalue weighted by atomic mass is 10.1.